The van der Waals surface area contributed by atoms with Crippen molar-refractivity contribution in [2.75, 3.05) is 57.9 Å². The molecule has 1 amide bonds. The number of pyridine rings is 1. The Morgan fingerprint density at radius 3 is 2.72 bits per heavy atom. The zero-order valence-corrected chi connectivity index (χ0v) is 14.6. The lowest BCUT2D eigenvalue weighted by atomic mass is 10.1. The van der Waals surface area contributed by atoms with Crippen LogP contribution in [-0.2, 0) is 16.1 Å². The molecule has 0 aliphatic carbocycles. The largest absolute Gasteiger partial charge is 0.378 e. The Morgan fingerprint density at radius 2 is 1.92 bits per heavy atom. The van der Waals surface area contributed by atoms with Gasteiger partial charge in [0, 0.05) is 50.7 Å². The Hall–Kier alpha value is -2.18. The Kier molecular flexibility index (Phi) is 4.55. The molecule has 2 saturated heterocycles. The van der Waals surface area contributed by atoms with Crippen LogP contribution in [0.4, 0.5) is 5.82 Å². The van der Waals surface area contributed by atoms with Crippen molar-refractivity contribution in [3.63, 3.8) is 0 Å². The number of morpholine rings is 1. The molecule has 2 aliphatic heterocycles. The summed E-state index contributed by atoms with van der Waals surface area (Å²) in [4.78, 5) is 23.3. The van der Waals surface area contributed by atoms with E-state index in [0.29, 0.717) is 6.54 Å². The number of hydrogen-bond donors (Lipinski definition) is 0. The molecule has 2 aromatic rings. The van der Waals surface area contributed by atoms with Crippen LogP contribution in [0.5, 0.6) is 0 Å². The highest BCUT2D eigenvalue weighted by atomic mass is 16.5. The van der Waals surface area contributed by atoms with Gasteiger partial charge in [-0.1, -0.05) is 18.2 Å². The van der Waals surface area contributed by atoms with Crippen molar-refractivity contribution in [1.29, 1.82) is 0 Å². The van der Waals surface area contributed by atoms with E-state index in [4.69, 9.17) is 9.72 Å². The number of benzene rings is 1. The van der Waals surface area contributed by atoms with E-state index in [1.165, 1.54) is 5.56 Å². The molecule has 2 fully saturated rings. The average molecular weight is 340 g/mol. The number of anilines is 1. The molecule has 0 bridgehead atoms. The number of ether oxygens (including phenoxy) is 1. The van der Waals surface area contributed by atoms with Crippen LogP contribution in [-0.4, -0.2) is 73.7 Å². The lowest BCUT2D eigenvalue weighted by molar-refractivity contribution is -0.134. The van der Waals surface area contributed by atoms with Crippen molar-refractivity contribution in [3.05, 3.63) is 35.9 Å². The summed E-state index contributed by atoms with van der Waals surface area (Å²) in [7, 11) is 1.87. The van der Waals surface area contributed by atoms with Gasteiger partial charge in [0.2, 0.25) is 5.91 Å². The van der Waals surface area contributed by atoms with Gasteiger partial charge in [0.25, 0.3) is 0 Å². The first-order valence-corrected chi connectivity index (χ1v) is 8.88. The van der Waals surface area contributed by atoms with Gasteiger partial charge in [-0.15, -0.1) is 0 Å². The molecule has 132 valence electrons. The number of likely N-dealkylation sites (N-methyl/N-ethyl adjacent to an activating group) is 1. The fourth-order valence-electron chi connectivity index (χ4n) is 3.50. The Morgan fingerprint density at radius 1 is 1.12 bits per heavy atom. The molecule has 0 N–H and O–H groups in total. The maximum absolute atomic E-state index is 12.0. The van der Waals surface area contributed by atoms with Gasteiger partial charge in [-0.3, -0.25) is 9.69 Å². The molecule has 0 unspecified atom stereocenters. The van der Waals surface area contributed by atoms with Crippen molar-refractivity contribution in [2.24, 2.45) is 0 Å². The Bertz CT molecular complexity index is 773. The minimum absolute atomic E-state index is 0.188. The molecule has 4 rings (SSSR count). The van der Waals surface area contributed by atoms with E-state index in [1.807, 2.05) is 19.2 Å². The molecular weight excluding hydrogens is 316 g/mol. The zero-order valence-electron chi connectivity index (χ0n) is 14.6. The number of piperazine rings is 1. The third kappa shape index (κ3) is 3.45. The van der Waals surface area contributed by atoms with Crippen LogP contribution in [0.3, 0.4) is 0 Å². The molecule has 6 heteroatoms. The van der Waals surface area contributed by atoms with Gasteiger partial charge < -0.3 is 14.5 Å². The van der Waals surface area contributed by atoms with Crippen LogP contribution >= 0.6 is 0 Å². The van der Waals surface area contributed by atoms with E-state index in [9.17, 15) is 4.79 Å². The molecule has 3 heterocycles. The number of aromatic nitrogens is 1. The zero-order chi connectivity index (χ0) is 17.2. The number of carbonyl (C=O) groups excluding carboxylic acids is 1. The molecule has 25 heavy (non-hydrogen) atoms. The van der Waals surface area contributed by atoms with E-state index < -0.39 is 0 Å². The standard InChI is InChI=1S/C19H24N4O2/c1-21-6-7-22(14-18(21)24)13-16-12-15-4-2-3-5-17(15)20-19(16)23-8-10-25-11-9-23/h2-5,12H,6-11,13-14H2,1H3. The molecule has 6 nitrogen and oxygen atoms in total. The molecule has 0 atom stereocenters. The smallest absolute Gasteiger partial charge is 0.236 e. The quantitative estimate of drug-likeness (QED) is 0.844. The summed E-state index contributed by atoms with van der Waals surface area (Å²) in [5.74, 6) is 1.22. The summed E-state index contributed by atoms with van der Waals surface area (Å²) in [6.07, 6.45) is 0. The minimum atomic E-state index is 0.188. The van der Waals surface area contributed by atoms with Crippen molar-refractivity contribution in [2.45, 2.75) is 6.54 Å². The lowest BCUT2D eigenvalue weighted by Crippen LogP contribution is -2.48. The van der Waals surface area contributed by atoms with E-state index in [0.717, 1.165) is 62.7 Å². The molecule has 1 aromatic carbocycles. The van der Waals surface area contributed by atoms with Gasteiger partial charge in [-0.05, 0) is 12.1 Å². The maximum Gasteiger partial charge on any atom is 0.236 e. The van der Waals surface area contributed by atoms with Gasteiger partial charge in [0.05, 0.1) is 25.3 Å². The summed E-state index contributed by atoms with van der Waals surface area (Å²) in [6, 6.07) is 10.5. The third-order valence-electron chi connectivity index (χ3n) is 5.02. The fourth-order valence-corrected chi connectivity index (χ4v) is 3.50. The van der Waals surface area contributed by atoms with Crippen LogP contribution in [0, 0.1) is 0 Å². The van der Waals surface area contributed by atoms with Crippen LogP contribution in [0.2, 0.25) is 0 Å². The first-order chi connectivity index (χ1) is 12.2. The molecule has 0 spiro atoms. The predicted molar refractivity (Wildman–Crippen MR) is 97.7 cm³/mol. The first-order valence-electron chi connectivity index (χ1n) is 8.88. The lowest BCUT2D eigenvalue weighted by Gasteiger charge is -2.34. The monoisotopic (exact) mass is 340 g/mol. The van der Waals surface area contributed by atoms with E-state index >= 15 is 0 Å². The molecular formula is C19H24N4O2. The number of rotatable bonds is 3. The molecule has 0 saturated carbocycles. The summed E-state index contributed by atoms with van der Waals surface area (Å²) in [5, 5.41) is 1.15. The van der Waals surface area contributed by atoms with Crippen LogP contribution in [0.1, 0.15) is 5.56 Å². The second-order valence-electron chi connectivity index (χ2n) is 6.79. The van der Waals surface area contributed by atoms with Gasteiger partial charge in [-0.25, -0.2) is 4.98 Å². The SMILES string of the molecule is CN1CCN(Cc2cc3ccccc3nc2N2CCOCC2)CC1=O. The van der Waals surface area contributed by atoms with Crippen LogP contribution in [0.15, 0.2) is 30.3 Å². The highest BCUT2D eigenvalue weighted by Gasteiger charge is 2.24. The van der Waals surface area contributed by atoms with Gasteiger partial charge in [0.1, 0.15) is 5.82 Å². The number of nitrogens with zero attached hydrogens (tertiary/aromatic N) is 4. The first kappa shape index (κ1) is 16.3. The van der Waals surface area contributed by atoms with Crippen molar-refractivity contribution in [3.8, 4) is 0 Å². The summed E-state index contributed by atoms with van der Waals surface area (Å²) < 4.78 is 5.49. The van der Waals surface area contributed by atoms with Crippen LogP contribution in [0.25, 0.3) is 10.9 Å². The van der Waals surface area contributed by atoms with Crippen LogP contribution < -0.4 is 4.90 Å². The van der Waals surface area contributed by atoms with E-state index in [2.05, 4.69) is 28.0 Å². The number of fused-ring (bicyclic) bond motifs is 1. The topological polar surface area (TPSA) is 48.9 Å². The normalized spacial score (nSPS) is 19.6. The Labute approximate surface area is 148 Å². The molecule has 0 radical (unpaired) electrons. The summed E-state index contributed by atoms with van der Waals surface area (Å²) in [6.45, 7) is 6.11. The van der Waals surface area contributed by atoms with E-state index in [1.54, 1.807) is 4.90 Å². The molecule has 2 aliphatic rings. The highest BCUT2D eigenvalue weighted by molar-refractivity contribution is 5.82. The van der Waals surface area contributed by atoms with Crippen molar-refractivity contribution in [1.82, 2.24) is 14.8 Å². The van der Waals surface area contributed by atoms with Crippen molar-refractivity contribution < 1.29 is 9.53 Å². The predicted octanol–water partition coefficient (Wildman–Crippen LogP) is 1.35. The maximum atomic E-state index is 12.0. The Balaban J connectivity index is 1.66. The van der Waals surface area contributed by atoms with Gasteiger partial charge >= 0.3 is 0 Å². The number of hydrogen-bond acceptors (Lipinski definition) is 5. The second kappa shape index (κ2) is 6.98. The van der Waals surface area contributed by atoms with E-state index in [-0.39, 0.29) is 5.91 Å². The van der Waals surface area contributed by atoms with Crippen molar-refractivity contribution >= 4 is 22.6 Å². The summed E-state index contributed by atoms with van der Waals surface area (Å²) in [5.41, 5.74) is 2.21. The molecule has 1 aromatic heterocycles. The summed E-state index contributed by atoms with van der Waals surface area (Å²) >= 11 is 0. The second-order valence-corrected chi connectivity index (χ2v) is 6.79. The average Bonchev–Trinajstić information content (AvgIpc) is 2.65. The van der Waals surface area contributed by atoms with Gasteiger partial charge in [-0.2, -0.15) is 0 Å². The number of amides is 1. The van der Waals surface area contributed by atoms with Gasteiger partial charge in [0.15, 0.2) is 0 Å². The fraction of sp³-hybridized carbons (Fsp3) is 0.474. The number of carbonyl (C=O) groups is 1. The highest BCUT2D eigenvalue weighted by Crippen LogP contribution is 2.26. The minimum Gasteiger partial charge on any atom is -0.378 e. The number of para-hydroxylation sites is 1. The third-order valence-corrected chi connectivity index (χ3v) is 5.02.